The van der Waals surface area contributed by atoms with Gasteiger partial charge in [-0.25, -0.2) is 9.67 Å². The topological polar surface area (TPSA) is 83.7 Å². The molecule has 2 heterocycles. The van der Waals surface area contributed by atoms with E-state index >= 15 is 0 Å². The molecule has 4 rings (SSSR count). The minimum Gasteiger partial charge on any atom is -0.497 e. The van der Waals surface area contributed by atoms with Gasteiger partial charge in [0.1, 0.15) is 12.1 Å². The van der Waals surface area contributed by atoms with E-state index in [-0.39, 0.29) is 12.5 Å². The number of carbonyl (C=O) groups is 1. The number of ether oxygens (including phenoxy) is 1. The molecular weight excluding hydrogens is 478 g/mol. The molecule has 1 aromatic heterocycles. The first kappa shape index (κ1) is 27.5. The first-order chi connectivity index (χ1) is 18.4. The number of aromatic nitrogens is 3. The summed E-state index contributed by atoms with van der Waals surface area (Å²) in [5, 5.41) is 13.3. The Labute approximate surface area is 225 Å². The number of rotatable bonds is 12. The molecular formula is C30H39N5O3. The van der Waals surface area contributed by atoms with Crippen molar-refractivity contribution in [3.05, 3.63) is 78.6 Å². The molecule has 0 spiro atoms. The minimum absolute atomic E-state index is 0.0800. The number of unbranched alkanes of at least 4 members (excludes halogenated alkanes) is 1. The molecule has 8 heteroatoms. The molecule has 0 bridgehead atoms. The zero-order valence-electron chi connectivity index (χ0n) is 22.7. The van der Waals surface area contributed by atoms with E-state index < -0.39 is 5.97 Å². The van der Waals surface area contributed by atoms with Crippen LogP contribution in [0.2, 0.25) is 0 Å². The Hall–Kier alpha value is -3.49. The van der Waals surface area contributed by atoms with Crippen LogP contribution in [0.4, 0.5) is 0 Å². The number of benzene rings is 2. The summed E-state index contributed by atoms with van der Waals surface area (Å²) in [6, 6.07) is 17.8. The third-order valence-corrected chi connectivity index (χ3v) is 7.38. The number of hydrogen-bond acceptors (Lipinski definition) is 6. The third-order valence-electron chi connectivity index (χ3n) is 7.38. The fourth-order valence-electron chi connectivity index (χ4n) is 5.40. The van der Waals surface area contributed by atoms with Crippen LogP contribution in [0.3, 0.4) is 0 Å². The SMILES string of the molecule is C=CCN1CC(C)N(C(c2ccc(-c3ncnn3CCCCC(=O)O)cc2)c2cccc(OC)c2)CC1C. The highest BCUT2D eigenvalue weighted by Crippen LogP contribution is 2.35. The predicted molar refractivity (Wildman–Crippen MR) is 149 cm³/mol. The first-order valence-electron chi connectivity index (χ1n) is 13.4. The lowest BCUT2D eigenvalue weighted by Crippen LogP contribution is -2.57. The number of aryl methyl sites for hydroxylation is 1. The average molecular weight is 518 g/mol. The maximum atomic E-state index is 10.8. The summed E-state index contributed by atoms with van der Waals surface area (Å²) < 4.78 is 7.43. The molecule has 0 radical (unpaired) electrons. The smallest absolute Gasteiger partial charge is 0.303 e. The Bertz CT molecular complexity index is 1210. The lowest BCUT2D eigenvalue weighted by molar-refractivity contribution is -0.137. The van der Waals surface area contributed by atoms with Crippen molar-refractivity contribution in [2.24, 2.45) is 0 Å². The summed E-state index contributed by atoms with van der Waals surface area (Å²) in [7, 11) is 1.71. The van der Waals surface area contributed by atoms with Gasteiger partial charge in [-0.3, -0.25) is 14.6 Å². The summed E-state index contributed by atoms with van der Waals surface area (Å²) >= 11 is 0. The molecule has 1 aliphatic heterocycles. The molecule has 0 saturated carbocycles. The number of hydrogen-bond donors (Lipinski definition) is 1. The lowest BCUT2D eigenvalue weighted by atomic mass is 9.92. The van der Waals surface area contributed by atoms with Gasteiger partial charge in [0.2, 0.25) is 0 Å². The largest absolute Gasteiger partial charge is 0.497 e. The van der Waals surface area contributed by atoms with Crippen LogP contribution in [0.15, 0.2) is 67.5 Å². The Balaban J connectivity index is 1.61. The van der Waals surface area contributed by atoms with Crippen LogP contribution >= 0.6 is 0 Å². The summed E-state index contributed by atoms with van der Waals surface area (Å²) in [6.07, 6.45) is 5.08. The fourth-order valence-corrected chi connectivity index (χ4v) is 5.40. The minimum atomic E-state index is -0.768. The monoisotopic (exact) mass is 517 g/mol. The van der Waals surface area contributed by atoms with E-state index in [0.717, 1.165) is 43.2 Å². The second kappa shape index (κ2) is 12.8. The van der Waals surface area contributed by atoms with Crippen molar-refractivity contribution in [2.45, 2.75) is 57.8 Å². The van der Waals surface area contributed by atoms with Gasteiger partial charge in [-0.1, -0.05) is 42.5 Å². The Kier molecular flexibility index (Phi) is 9.31. The molecule has 1 N–H and O–H groups in total. The van der Waals surface area contributed by atoms with E-state index in [1.54, 1.807) is 13.4 Å². The van der Waals surface area contributed by atoms with Gasteiger partial charge in [-0.15, -0.1) is 6.58 Å². The second-order valence-electron chi connectivity index (χ2n) is 10.1. The normalized spacial score (nSPS) is 19.2. The van der Waals surface area contributed by atoms with E-state index in [1.807, 2.05) is 16.8 Å². The van der Waals surface area contributed by atoms with Gasteiger partial charge in [-0.2, -0.15) is 5.10 Å². The Morgan fingerprint density at radius 2 is 1.92 bits per heavy atom. The first-order valence-corrected chi connectivity index (χ1v) is 13.4. The molecule has 2 aromatic carbocycles. The van der Waals surface area contributed by atoms with Crippen LogP contribution in [0.1, 0.15) is 50.3 Å². The van der Waals surface area contributed by atoms with Crippen molar-refractivity contribution in [3.8, 4) is 17.1 Å². The molecule has 0 aliphatic carbocycles. The summed E-state index contributed by atoms with van der Waals surface area (Å²) in [5.41, 5.74) is 3.41. The van der Waals surface area contributed by atoms with Crippen molar-refractivity contribution in [1.82, 2.24) is 24.6 Å². The molecule has 0 amide bonds. The van der Waals surface area contributed by atoms with Crippen LogP contribution in [0.25, 0.3) is 11.4 Å². The number of nitrogens with zero attached hydrogens (tertiary/aromatic N) is 5. The van der Waals surface area contributed by atoms with Crippen LogP contribution in [0, 0.1) is 0 Å². The van der Waals surface area contributed by atoms with Crippen molar-refractivity contribution in [2.75, 3.05) is 26.7 Å². The average Bonchev–Trinajstić information content (AvgIpc) is 3.38. The molecule has 1 saturated heterocycles. The third kappa shape index (κ3) is 6.49. The van der Waals surface area contributed by atoms with Gasteiger partial charge < -0.3 is 9.84 Å². The van der Waals surface area contributed by atoms with Crippen LogP contribution in [0.5, 0.6) is 5.75 Å². The number of carboxylic acid groups (broad SMARTS) is 1. The van der Waals surface area contributed by atoms with E-state index in [4.69, 9.17) is 9.84 Å². The van der Waals surface area contributed by atoms with Crippen LogP contribution in [-0.4, -0.2) is 74.5 Å². The molecule has 3 unspecified atom stereocenters. The van der Waals surface area contributed by atoms with E-state index in [0.29, 0.717) is 25.0 Å². The van der Waals surface area contributed by atoms with Crippen molar-refractivity contribution < 1.29 is 14.6 Å². The van der Waals surface area contributed by atoms with Gasteiger partial charge in [0, 0.05) is 50.2 Å². The summed E-state index contributed by atoms with van der Waals surface area (Å²) in [4.78, 5) is 20.4. The van der Waals surface area contributed by atoms with E-state index in [9.17, 15) is 4.79 Å². The quantitative estimate of drug-likeness (QED) is 0.271. The van der Waals surface area contributed by atoms with Crippen LogP contribution in [-0.2, 0) is 11.3 Å². The highest BCUT2D eigenvalue weighted by Gasteiger charge is 2.34. The lowest BCUT2D eigenvalue weighted by Gasteiger charge is -2.47. The van der Waals surface area contributed by atoms with E-state index in [1.165, 1.54) is 11.1 Å². The molecule has 8 nitrogen and oxygen atoms in total. The Morgan fingerprint density at radius 1 is 1.13 bits per heavy atom. The maximum absolute atomic E-state index is 10.8. The fraction of sp³-hybridized carbons (Fsp3) is 0.433. The molecule has 38 heavy (non-hydrogen) atoms. The van der Waals surface area contributed by atoms with Gasteiger partial charge in [-0.05, 0) is 49.9 Å². The van der Waals surface area contributed by atoms with E-state index in [2.05, 4.69) is 82.8 Å². The highest BCUT2D eigenvalue weighted by molar-refractivity contribution is 5.66. The predicted octanol–water partition coefficient (Wildman–Crippen LogP) is 4.88. The van der Waals surface area contributed by atoms with Gasteiger partial charge >= 0.3 is 5.97 Å². The van der Waals surface area contributed by atoms with Crippen molar-refractivity contribution in [3.63, 3.8) is 0 Å². The number of carboxylic acids is 1. The molecule has 3 atom stereocenters. The van der Waals surface area contributed by atoms with Gasteiger partial charge in [0.05, 0.1) is 13.2 Å². The molecule has 1 aliphatic rings. The number of methoxy groups -OCH3 is 1. The van der Waals surface area contributed by atoms with Gasteiger partial charge in [0.25, 0.3) is 0 Å². The van der Waals surface area contributed by atoms with Crippen LogP contribution < -0.4 is 4.74 Å². The summed E-state index contributed by atoms with van der Waals surface area (Å²) in [5.74, 6) is 0.881. The number of aliphatic carboxylic acids is 1. The standard InChI is InChI=1S/C30H39N5O3/c1-5-16-33-19-23(3)34(20-22(33)2)29(26-9-8-10-27(18-26)38-4)24-12-14-25(15-13-24)30-31-21-32-35(30)17-7-6-11-28(36)37/h5,8-10,12-15,18,21-23,29H,1,6-7,11,16-17,19-20H2,2-4H3,(H,36,37). The number of piperazine rings is 1. The zero-order valence-corrected chi connectivity index (χ0v) is 22.7. The molecule has 3 aromatic rings. The zero-order chi connectivity index (χ0) is 27.1. The highest BCUT2D eigenvalue weighted by atomic mass is 16.5. The van der Waals surface area contributed by atoms with Gasteiger partial charge in [0.15, 0.2) is 5.82 Å². The van der Waals surface area contributed by atoms with Crippen molar-refractivity contribution >= 4 is 5.97 Å². The Morgan fingerprint density at radius 3 is 2.63 bits per heavy atom. The molecule has 202 valence electrons. The maximum Gasteiger partial charge on any atom is 0.303 e. The van der Waals surface area contributed by atoms with Crippen molar-refractivity contribution in [1.29, 1.82) is 0 Å². The molecule has 1 fully saturated rings. The summed E-state index contributed by atoms with van der Waals surface area (Å²) in [6.45, 7) is 12.0. The second-order valence-corrected chi connectivity index (χ2v) is 10.1.